The standard InChI is InChI=1S/C27H30N4O2/c32-27(33)24-11-12-28-16-25(24)31-17-26-23-9-8-22(14-21(23)10-13-29-26)30-15-18-4-6-20(7-5-18)19-2-1-3-19/h4-9,11-12,14,16,19,26,29-31H,1-3,10,13,15,17H2,(H,32,33)/t26-/m1/s1. The lowest BCUT2D eigenvalue weighted by Crippen LogP contribution is -2.34. The van der Waals surface area contributed by atoms with E-state index in [1.807, 2.05) is 0 Å². The van der Waals surface area contributed by atoms with Crippen LogP contribution in [0, 0.1) is 0 Å². The Bertz CT molecular complexity index is 1130. The highest BCUT2D eigenvalue weighted by Gasteiger charge is 2.21. The minimum Gasteiger partial charge on any atom is -0.478 e. The van der Waals surface area contributed by atoms with Crippen LogP contribution in [0.4, 0.5) is 11.4 Å². The van der Waals surface area contributed by atoms with E-state index in [1.54, 1.807) is 6.20 Å². The Labute approximate surface area is 194 Å². The Morgan fingerprint density at radius 3 is 2.70 bits per heavy atom. The van der Waals surface area contributed by atoms with Gasteiger partial charge in [0.1, 0.15) is 0 Å². The van der Waals surface area contributed by atoms with Gasteiger partial charge in [-0.15, -0.1) is 0 Å². The summed E-state index contributed by atoms with van der Waals surface area (Å²) in [5, 5.41) is 19.8. The molecule has 3 aromatic rings. The van der Waals surface area contributed by atoms with Crippen LogP contribution in [0.3, 0.4) is 0 Å². The van der Waals surface area contributed by atoms with E-state index in [-0.39, 0.29) is 11.6 Å². The second kappa shape index (κ2) is 9.63. The quantitative estimate of drug-likeness (QED) is 0.395. The van der Waals surface area contributed by atoms with Crippen LogP contribution in [0.15, 0.2) is 60.9 Å². The third kappa shape index (κ3) is 4.86. The zero-order valence-corrected chi connectivity index (χ0v) is 18.7. The lowest BCUT2D eigenvalue weighted by atomic mass is 9.80. The van der Waals surface area contributed by atoms with Gasteiger partial charge in [0.25, 0.3) is 0 Å². The Hall–Kier alpha value is -3.38. The maximum absolute atomic E-state index is 11.4. The van der Waals surface area contributed by atoms with Crippen molar-refractivity contribution < 1.29 is 9.90 Å². The molecule has 0 amide bonds. The van der Waals surface area contributed by atoms with Crippen molar-refractivity contribution in [3.63, 3.8) is 0 Å². The number of anilines is 2. The summed E-state index contributed by atoms with van der Waals surface area (Å²) in [5.41, 5.74) is 7.27. The molecule has 1 saturated carbocycles. The molecule has 6 nitrogen and oxygen atoms in total. The van der Waals surface area contributed by atoms with Crippen LogP contribution in [-0.4, -0.2) is 29.1 Å². The van der Waals surface area contributed by atoms with Gasteiger partial charge in [-0.3, -0.25) is 4.98 Å². The second-order valence-electron chi connectivity index (χ2n) is 9.00. The number of carboxylic acids is 1. The Kier molecular flexibility index (Phi) is 6.26. The van der Waals surface area contributed by atoms with Crippen molar-refractivity contribution in [3.05, 3.63) is 88.7 Å². The molecule has 0 bridgehead atoms. The first-order chi connectivity index (χ1) is 16.2. The number of carboxylic acid groups (broad SMARTS) is 1. The van der Waals surface area contributed by atoms with Gasteiger partial charge in [-0.05, 0) is 72.2 Å². The second-order valence-corrected chi connectivity index (χ2v) is 9.00. The van der Waals surface area contributed by atoms with Gasteiger partial charge in [-0.25, -0.2) is 4.79 Å². The molecule has 1 atom stereocenters. The molecule has 2 aliphatic rings. The number of nitrogens with zero attached hydrogens (tertiary/aromatic N) is 1. The fourth-order valence-electron chi connectivity index (χ4n) is 4.73. The molecular weight excluding hydrogens is 412 g/mol. The Balaban J connectivity index is 1.21. The molecule has 2 heterocycles. The number of nitrogens with one attached hydrogen (secondary N) is 3. The summed E-state index contributed by atoms with van der Waals surface area (Å²) in [4.78, 5) is 15.5. The zero-order valence-electron chi connectivity index (χ0n) is 18.7. The van der Waals surface area contributed by atoms with Crippen LogP contribution in [-0.2, 0) is 13.0 Å². The molecule has 33 heavy (non-hydrogen) atoms. The van der Waals surface area contributed by atoms with Crippen molar-refractivity contribution in [2.75, 3.05) is 23.7 Å². The zero-order chi connectivity index (χ0) is 22.6. The highest BCUT2D eigenvalue weighted by Crippen LogP contribution is 2.36. The van der Waals surface area contributed by atoms with Gasteiger partial charge in [-0.2, -0.15) is 0 Å². The predicted molar refractivity (Wildman–Crippen MR) is 131 cm³/mol. The van der Waals surface area contributed by atoms with Crippen molar-refractivity contribution in [3.8, 4) is 0 Å². The van der Waals surface area contributed by atoms with Crippen molar-refractivity contribution in [1.29, 1.82) is 0 Å². The van der Waals surface area contributed by atoms with Crippen molar-refractivity contribution in [2.24, 2.45) is 0 Å². The van der Waals surface area contributed by atoms with Gasteiger partial charge < -0.3 is 21.1 Å². The van der Waals surface area contributed by atoms with Gasteiger partial charge in [-0.1, -0.05) is 36.8 Å². The third-order valence-electron chi connectivity index (χ3n) is 6.90. The fourth-order valence-corrected chi connectivity index (χ4v) is 4.73. The minimum absolute atomic E-state index is 0.115. The number of hydrogen-bond donors (Lipinski definition) is 4. The first-order valence-corrected chi connectivity index (χ1v) is 11.8. The summed E-state index contributed by atoms with van der Waals surface area (Å²) in [6.07, 6.45) is 8.08. The molecule has 1 fully saturated rings. The lowest BCUT2D eigenvalue weighted by Gasteiger charge is -2.28. The van der Waals surface area contributed by atoms with E-state index in [0.29, 0.717) is 12.2 Å². The Morgan fingerprint density at radius 1 is 1.09 bits per heavy atom. The van der Waals surface area contributed by atoms with Crippen molar-refractivity contribution >= 4 is 17.3 Å². The number of carbonyl (C=O) groups is 1. The van der Waals surface area contributed by atoms with Gasteiger partial charge in [0, 0.05) is 31.0 Å². The lowest BCUT2D eigenvalue weighted by molar-refractivity contribution is 0.0697. The maximum atomic E-state index is 11.4. The van der Waals surface area contributed by atoms with E-state index in [1.165, 1.54) is 53.8 Å². The SMILES string of the molecule is O=C(O)c1ccncc1NC[C@H]1NCCc2cc(NCc3ccc(C4CCC4)cc3)ccc21. The van der Waals surface area contributed by atoms with E-state index >= 15 is 0 Å². The first kappa shape index (κ1) is 21.5. The molecule has 0 radical (unpaired) electrons. The van der Waals surface area contributed by atoms with Crippen LogP contribution >= 0.6 is 0 Å². The largest absolute Gasteiger partial charge is 0.478 e. The molecule has 1 aliphatic heterocycles. The van der Waals surface area contributed by atoms with Gasteiger partial charge in [0.15, 0.2) is 0 Å². The summed E-state index contributed by atoms with van der Waals surface area (Å²) in [5.74, 6) is -0.178. The summed E-state index contributed by atoms with van der Waals surface area (Å²) < 4.78 is 0. The average Bonchev–Trinajstić information content (AvgIpc) is 2.81. The number of hydrogen-bond acceptors (Lipinski definition) is 5. The smallest absolute Gasteiger partial charge is 0.337 e. The summed E-state index contributed by atoms with van der Waals surface area (Å²) in [7, 11) is 0. The van der Waals surface area contributed by atoms with Crippen LogP contribution in [0.1, 0.15) is 63.8 Å². The first-order valence-electron chi connectivity index (χ1n) is 11.8. The highest BCUT2D eigenvalue weighted by molar-refractivity contribution is 5.93. The van der Waals surface area contributed by atoms with E-state index in [2.05, 4.69) is 63.4 Å². The molecule has 0 unspecified atom stereocenters. The van der Waals surface area contributed by atoms with E-state index in [9.17, 15) is 9.90 Å². The molecule has 2 aromatic carbocycles. The third-order valence-corrected chi connectivity index (χ3v) is 6.90. The number of aromatic carboxylic acids is 1. The summed E-state index contributed by atoms with van der Waals surface area (Å²) in [6.45, 7) is 2.30. The summed E-state index contributed by atoms with van der Waals surface area (Å²) in [6, 6.07) is 17.3. The number of fused-ring (bicyclic) bond motifs is 1. The van der Waals surface area contributed by atoms with Gasteiger partial charge >= 0.3 is 5.97 Å². The molecule has 5 rings (SSSR count). The molecule has 170 valence electrons. The fraction of sp³-hybridized carbons (Fsp3) is 0.333. The van der Waals surface area contributed by atoms with E-state index in [0.717, 1.165) is 31.1 Å². The van der Waals surface area contributed by atoms with Gasteiger partial charge in [0.05, 0.1) is 17.4 Å². The summed E-state index contributed by atoms with van der Waals surface area (Å²) >= 11 is 0. The number of aromatic nitrogens is 1. The van der Waals surface area contributed by atoms with Crippen LogP contribution in [0.5, 0.6) is 0 Å². The highest BCUT2D eigenvalue weighted by atomic mass is 16.4. The predicted octanol–water partition coefficient (Wildman–Crippen LogP) is 4.96. The van der Waals surface area contributed by atoms with Crippen molar-refractivity contribution in [2.45, 2.75) is 44.2 Å². The molecule has 4 N–H and O–H groups in total. The monoisotopic (exact) mass is 442 g/mol. The molecule has 0 saturated heterocycles. The maximum Gasteiger partial charge on any atom is 0.337 e. The normalized spacial score (nSPS) is 17.6. The average molecular weight is 443 g/mol. The van der Waals surface area contributed by atoms with E-state index < -0.39 is 5.97 Å². The molecule has 0 spiro atoms. The van der Waals surface area contributed by atoms with Crippen LogP contribution in [0.25, 0.3) is 0 Å². The Morgan fingerprint density at radius 2 is 1.94 bits per heavy atom. The topological polar surface area (TPSA) is 86.3 Å². The van der Waals surface area contributed by atoms with Crippen molar-refractivity contribution in [1.82, 2.24) is 10.3 Å². The van der Waals surface area contributed by atoms with Crippen LogP contribution in [0.2, 0.25) is 0 Å². The van der Waals surface area contributed by atoms with Crippen LogP contribution < -0.4 is 16.0 Å². The molecule has 1 aromatic heterocycles. The molecular formula is C27H30N4O2. The molecule has 1 aliphatic carbocycles. The number of rotatable bonds is 8. The number of pyridine rings is 1. The minimum atomic E-state index is -0.953. The van der Waals surface area contributed by atoms with Gasteiger partial charge in [0.2, 0.25) is 0 Å². The number of benzene rings is 2. The molecule has 6 heteroatoms. The van der Waals surface area contributed by atoms with E-state index in [4.69, 9.17) is 0 Å².